The van der Waals surface area contributed by atoms with Gasteiger partial charge in [0.15, 0.2) is 0 Å². The number of benzene rings is 1. The zero-order valence-electron chi connectivity index (χ0n) is 22.0. The minimum atomic E-state index is -0.605. The van der Waals surface area contributed by atoms with Crippen molar-refractivity contribution in [1.82, 2.24) is 0 Å². The van der Waals surface area contributed by atoms with Crippen molar-refractivity contribution in [3.63, 3.8) is 0 Å². The summed E-state index contributed by atoms with van der Waals surface area (Å²) in [7, 11) is 0. The average molecular weight is 502 g/mol. The Morgan fingerprint density at radius 2 is 1.54 bits per heavy atom. The molecule has 0 atom stereocenters. The van der Waals surface area contributed by atoms with Gasteiger partial charge in [0.1, 0.15) is 10.6 Å². The quantitative estimate of drug-likeness (QED) is 0.196. The Kier molecular flexibility index (Phi) is 12.9. The molecule has 0 aliphatic heterocycles. The lowest BCUT2D eigenvalue weighted by atomic mass is 10.1. The number of thiophene rings is 1. The van der Waals surface area contributed by atoms with E-state index >= 15 is 0 Å². The molecule has 1 heterocycles. The lowest BCUT2D eigenvalue weighted by Gasteiger charge is -2.19. The van der Waals surface area contributed by atoms with Gasteiger partial charge in [-0.1, -0.05) is 75.8 Å². The number of esters is 1. The molecule has 0 fully saturated rings. The number of amides is 1. The molecule has 1 aromatic heterocycles. The van der Waals surface area contributed by atoms with Crippen molar-refractivity contribution >= 4 is 28.4 Å². The van der Waals surface area contributed by atoms with E-state index in [9.17, 15) is 9.59 Å². The standard InChI is InChI=1S/C29H43NO4S/c1-5-6-7-8-9-16-21-33-28(32)30-26-25(27(31)34-29(2,3)4)22-24(35-26)20-15-11-14-19-23-17-12-10-13-18-23/h10,12-13,17-18,22H,5-9,11,14-16,19-21H2,1-4H3,(H,30,32). The highest BCUT2D eigenvalue weighted by Gasteiger charge is 2.24. The third kappa shape index (κ3) is 12.3. The van der Waals surface area contributed by atoms with Gasteiger partial charge in [0.2, 0.25) is 0 Å². The van der Waals surface area contributed by atoms with Gasteiger partial charge < -0.3 is 9.47 Å². The molecule has 0 saturated carbocycles. The van der Waals surface area contributed by atoms with Gasteiger partial charge in [-0.3, -0.25) is 5.32 Å². The molecule has 0 spiro atoms. The van der Waals surface area contributed by atoms with E-state index < -0.39 is 17.7 Å². The Hall–Kier alpha value is -2.34. The topological polar surface area (TPSA) is 64.6 Å². The number of anilines is 1. The zero-order chi connectivity index (χ0) is 25.5. The first-order valence-corrected chi connectivity index (χ1v) is 13.9. The predicted octanol–water partition coefficient (Wildman–Crippen LogP) is 8.57. The first-order valence-electron chi connectivity index (χ1n) is 13.1. The summed E-state index contributed by atoms with van der Waals surface area (Å²) < 4.78 is 10.9. The molecule has 1 aromatic carbocycles. The van der Waals surface area contributed by atoms with Crippen molar-refractivity contribution in [2.45, 2.75) is 104 Å². The largest absolute Gasteiger partial charge is 0.456 e. The van der Waals surface area contributed by atoms with E-state index in [4.69, 9.17) is 9.47 Å². The van der Waals surface area contributed by atoms with Gasteiger partial charge >= 0.3 is 12.1 Å². The summed E-state index contributed by atoms with van der Waals surface area (Å²) in [6, 6.07) is 12.4. The van der Waals surface area contributed by atoms with Crippen LogP contribution in [0, 0.1) is 0 Å². The van der Waals surface area contributed by atoms with Crippen LogP contribution in [0.3, 0.4) is 0 Å². The molecule has 2 rings (SSSR count). The molecule has 0 aliphatic carbocycles. The highest BCUT2D eigenvalue weighted by Crippen LogP contribution is 2.31. The molecular formula is C29H43NO4S. The van der Waals surface area contributed by atoms with Gasteiger partial charge in [-0.15, -0.1) is 11.3 Å². The predicted molar refractivity (Wildman–Crippen MR) is 146 cm³/mol. The minimum absolute atomic E-state index is 0.388. The molecule has 0 radical (unpaired) electrons. The normalized spacial score (nSPS) is 11.3. The Morgan fingerprint density at radius 1 is 0.886 bits per heavy atom. The molecule has 2 aromatic rings. The molecule has 6 heteroatoms. The van der Waals surface area contributed by atoms with Crippen LogP contribution in [0.2, 0.25) is 0 Å². The minimum Gasteiger partial charge on any atom is -0.456 e. The molecule has 5 nitrogen and oxygen atoms in total. The molecular weight excluding hydrogens is 458 g/mol. The van der Waals surface area contributed by atoms with Crippen LogP contribution in [0.15, 0.2) is 36.4 Å². The van der Waals surface area contributed by atoms with Crippen molar-refractivity contribution in [3.05, 3.63) is 52.4 Å². The van der Waals surface area contributed by atoms with Crippen molar-refractivity contribution < 1.29 is 19.1 Å². The summed E-state index contributed by atoms with van der Waals surface area (Å²) >= 11 is 1.44. The Bertz CT molecular complexity index is 886. The Labute approximate surface area is 215 Å². The van der Waals surface area contributed by atoms with E-state index in [2.05, 4.69) is 36.5 Å². The average Bonchev–Trinajstić information content (AvgIpc) is 3.20. The van der Waals surface area contributed by atoms with Gasteiger partial charge in [0.05, 0.1) is 12.2 Å². The smallest absolute Gasteiger partial charge is 0.412 e. The fourth-order valence-corrected chi connectivity index (χ4v) is 4.84. The van der Waals surface area contributed by atoms with Crippen LogP contribution >= 0.6 is 11.3 Å². The number of hydrogen-bond donors (Lipinski definition) is 1. The van der Waals surface area contributed by atoms with Crippen molar-refractivity contribution in [2.24, 2.45) is 0 Å². The Balaban J connectivity index is 1.87. The van der Waals surface area contributed by atoms with E-state index in [0.717, 1.165) is 49.8 Å². The number of rotatable bonds is 15. The molecule has 194 valence electrons. The molecule has 0 aliphatic rings. The van der Waals surface area contributed by atoms with Crippen LogP contribution < -0.4 is 5.32 Å². The first-order chi connectivity index (χ1) is 16.8. The fourth-order valence-electron chi connectivity index (χ4n) is 3.77. The third-order valence-corrected chi connectivity index (χ3v) is 6.69. The molecule has 35 heavy (non-hydrogen) atoms. The SMILES string of the molecule is CCCCCCCCOC(=O)Nc1sc(CCCCCc2ccccc2)cc1C(=O)OC(C)(C)C. The zero-order valence-corrected chi connectivity index (χ0v) is 22.8. The van der Waals surface area contributed by atoms with Gasteiger partial charge in [-0.2, -0.15) is 0 Å². The third-order valence-electron chi connectivity index (χ3n) is 5.58. The molecule has 0 unspecified atom stereocenters. The van der Waals surface area contributed by atoms with E-state index in [1.807, 2.05) is 32.9 Å². The van der Waals surface area contributed by atoms with E-state index in [-0.39, 0.29) is 0 Å². The lowest BCUT2D eigenvalue weighted by Crippen LogP contribution is -2.24. The van der Waals surface area contributed by atoms with E-state index in [1.54, 1.807) is 0 Å². The van der Waals surface area contributed by atoms with Crippen LogP contribution in [-0.2, 0) is 22.3 Å². The molecule has 1 amide bonds. The maximum atomic E-state index is 12.8. The summed E-state index contributed by atoms with van der Waals surface area (Å²) in [4.78, 5) is 26.2. The number of carbonyl (C=O) groups excluding carboxylic acids is 2. The van der Waals surface area contributed by atoms with Crippen molar-refractivity contribution in [3.8, 4) is 0 Å². The number of ether oxygens (including phenoxy) is 2. The van der Waals surface area contributed by atoms with Crippen molar-refractivity contribution in [1.29, 1.82) is 0 Å². The maximum absolute atomic E-state index is 12.8. The van der Waals surface area contributed by atoms with Gasteiger partial charge in [0.25, 0.3) is 0 Å². The summed E-state index contributed by atoms with van der Waals surface area (Å²) in [5, 5.41) is 3.29. The van der Waals surface area contributed by atoms with Crippen LogP contribution in [0.4, 0.5) is 9.80 Å². The van der Waals surface area contributed by atoms with E-state index in [0.29, 0.717) is 17.2 Å². The highest BCUT2D eigenvalue weighted by molar-refractivity contribution is 7.16. The van der Waals surface area contributed by atoms with Crippen LogP contribution in [0.25, 0.3) is 0 Å². The second-order valence-corrected chi connectivity index (χ2v) is 11.2. The van der Waals surface area contributed by atoms with Crippen molar-refractivity contribution in [2.75, 3.05) is 11.9 Å². The summed E-state index contributed by atoms with van der Waals surface area (Å²) in [5.41, 5.74) is 1.16. The highest BCUT2D eigenvalue weighted by atomic mass is 32.1. The number of carbonyl (C=O) groups is 2. The van der Waals surface area contributed by atoms with Gasteiger partial charge in [-0.05, 0) is 64.5 Å². The molecule has 0 bridgehead atoms. The number of aryl methyl sites for hydroxylation is 2. The van der Waals surface area contributed by atoms with Gasteiger partial charge in [-0.25, -0.2) is 9.59 Å². The number of hydrogen-bond acceptors (Lipinski definition) is 5. The van der Waals surface area contributed by atoms with Crippen LogP contribution in [0.5, 0.6) is 0 Å². The Morgan fingerprint density at radius 3 is 2.26 bits per heavy atom. The first kappa shape index (κ1) is 28.9. The van der Waals surface area contributed by atoms with E-state index in [1.165, 1.54) is 42.6 Å². The summed E-state index contributed by atoms with van der Waals surface area (Å²) in [6.07, 6.45) is 11.5. The maximum Gasteiger partial charge on any atom is 0.412 e. The number of unbranched alkanes of at least 4 members (excludes halogenated alkanes) is 7. The number of nitrogens with one attached hydrogen (secondary N) is 1. The summed E-state index contributed by atoms with van der Waals surface area (Å²) in [5.74, 6) is -0.421. The monoisotopic (exact) mass is 501 g/mol. The lowest BCUT2D eigenvalue weighted by molar-refractivity contribution is 0.00712. The van der Waals surface area contributed by atoms with Crippen LogP contribution in [-0.4, -0.2) is 24.3 Å². The molecule has 0 saturated heterocycles. The summed E-state index contributed by atoms with van der Waals surface area (Å²) in [6.45, 7) is 8.10. The molecule has 1 N–H and O–H groups in total. The second kappa shape index (κ2) is 15.6. The van der Waals surface area contributed by atoms with Gasteiger partial charge in [0, 0.05) is 4.88 Å². The fraction of sp³-hybridized carbons (Fsp3) is 0.586. The van der Waals surface area contributed by atoms with Crippen LogP contribution in [0.1, 0.15) is 106 Å². The second-order valence-electron chi connectivity index (χ2n) is 10.0.